The Morgan fingerprint density at radius 2 is 1.74 bits per heavy atom. The minimum atomic E-state index is -0.316. The second-order valence-electron chi connectivity index (χ2n) is 7.80. The second-order valence-corrected chi connectivity index (χ2v) is 7.80. The van der Waals surface area contributed by atoms with Crippen molar-refractivity contribution in [1.29, 1.82) is 0 Å². The molecule has 6 nitrogen and oxygen atoms in total. The Morgan fingerprint density at radius 3 is 2.44 bits per heavy atom. The van der Waals surface area contributed by atoms with E-state index in [1.54, 1.807) is 16.8 Å². The van der Waals surface area contributed by atoms with Crippen molar-refractivity contribution in [3.05, 3.63) is 107 Å². The molecule has 0 saturated heterocycles. The Kier molecular flexibility index (Phi) is 5.82. The third-order valence-electron chi connectivity index (χ3n) is 5.53. The maximum absolute atomic E-state index is 13.5. The highest BCUT2D eigenvalue weighted by atomic mass is 19.1. The van der Waals surface area contributed by atoms with Crippen LogP contribution in [0.2, 0.25) is 0 Å². The number of aromatic amines is 1. The first-order chi connectivity index (χ1) is 16.6. The summed E-state index contributed by atoms with van der Waals surface area (Å²) in [6, 6.07) is 25.2. The summed E-state index contributed by atoms with van der Waals surface area (Å²) in [6.45, 7) is 2.88. The van der Waals surface area contributed by atoms with Crippen LogP contribution in [0.5, 0.6) is 5.75 Å². The van der Waals surface area contributed by atoms with Gasteiger partial charge in [0.2, 0.25) is 0 Å². The van der Waals surface area contributed by atoms with Crippen LogP contribution in [0.1, 0.15) is 12.5 Å². The first-order valence-corrected chi connectivity index (χ1v) is 11.1. The molecule has 0 radical (unpaired) electrons. The number of hydrogen-bond donors (Lipinski definition) is 2. The number of anilines is 1. The maximum Gasteiger partial charge on any atom is 0.254 e. The molecule has 0 amide bonds. The normalized spacial score (nSPS) is 11.0. The molecule has 34 heavy (non-hydrogen) atoms. The third kappa shape index (κ3) is 4.28. The van der Waals surface area contributed by atoms with Crippen LogP contribution in [-0.2, 0) is 6.54 Å². The Balaban J connectivity index is 1.55. The van der Waals surface area contributed by atoms with E-state index >= 15 is 0 Å². The largest absolute Gasteiger partial charge is 0.494 e. The highest BCUT2D eigenvalue weighted by molar-refractivity contribution is 5.92. The number of benzene rings is 3. The number of halogens is 1. The molecule has 0 bridgehead atoms. The lowest BCUT2D eigenvalue weighted by Gasteiger charge is -2.08. The highest BCUT2D eigenvalue weighted by Gasteiger charge is 2.17. The third-order valence-corrected chi connectivity index (χ3v) is 5.53. The predicted octanol–water partition coefficient (Wildman–Crippen LogP) is 5.53. The molecule has 0 unspecified atom stereocenters. The molecule has 0 aliphatic heterocycles. The van der Waals surface area contributed by atoms with Gasteiger partial charge in [0, 0.05) is 28.7 Å². The van der Waals surface area contributed by atoms with Crippen molar-refractivity contribution < 1.29 is 9.13 Å². The lowest BCUT2D eigenvalue weighted by atomic mass is 10.1. The monoisotopic (exact) mass is 454 g/mol. The molecule has 0 saturated carbocycles. The molecule has 0 fully saturated rings. The Bertz CT molecular complexity index is 1470. The fourth-order valence-corrected chi connectivity index (χ4v) is 3.86. The molecule has 2 aromatic heterocycles. The van der Waals surface area contributed by atoms with Crippen LogP contribution in [0.15, 0.2) is 89.7 Å². The fourth-order valence-electron chi connectivity index (χ4n) is 3.86. The van der Waals surface area contributed by atoms with E-state index in [4.69, 9.17) is 9.84 Å². The SMILES string of the molecule is CCOc1ccc(NCc2cc3c(-c4ccc(F)cc4)nn(-c4ccccc4)c3[nH]c2=O)cc1. The lowest BCUT2D eigenvalue weighted by molar-refractivity contribution is 0.340. The zero-order chi connectivity index (χ0) is 23.5. The molecule has 3 aromatic carbocycles. The van der Waals surface area contributed by atoms with Gasteiger partial charge in [-0.3, -0.25) is 4.79 Å². The molecular formula is C27H23FN4O2. The highest BCUT2D eigenvalue weighted by Crippen LogP contribution is 2.29. The second kappa shape index (κ2) is 9.23. The van der Waals surface area contributed by atoms with E-state index in [-0.39, 0.29) is 11.4 Å². The average molecular weight is 455 g/mol. The van der Waals surface area contributed by atoms with Gasteiger partial charge in [-0.2, -0.15) is 5.10 Å². The van der Waals surface area contributed by atoms with Crippen molar-refractivity contribution in [2.45, 2.75) is 13.5 Å². The van der Waals surface area contributed by atoms with Crippen molar-refractivity contribution in [1.82, 2.24) is 14.8 Å². The summed E-state index contributed by atoms with van der Waals surface area (Å²) < 4.78 is 20.7. The number of H-pyrrole nitrogens is 1. The number of para-hydroxylation sites is 1. The van der Waals surface area contributed by atoms with E-state index < -0.39 is 0 Å². The lowest BCUT2D eigenvalue weighted by Crippen LogP contribution is -2.16. The predicted molar refractivity (Wildman–Crippen MR) is 132 cm³/mol. The van der Waals surface area contributed by atoms with Gasteiger partial charge in [0.15, 0.2) is 0 Å². The zero-order valence-electron chi connectivity index (χ0n) is 18.6. The van der Waals surface area contributed by atoms with Gasteiger partial charge in [-0.25, -0.2) is 9.07 Å². The van der Waals surface area contributed by atoms with Gasteiger partial charge in [0.1, 0.15) is 22.9 Å². The van der Waals surface area contributed by atoms with E-state index in [1.165, 1.54) is 12.1 Å². The number of pyridine rings is 1. The van der Waals surface area contributed by atoms with Crippen LogP contribution < -0.4 is 15.6 Å². The van der Waals surface area contributed by atoms with Gasteiger partial charge in [-0.1, -0.05) is 18.2 Å². The van der Waals surface area contributed by atoms with Crippen molar-refractivity contribution in [2.75, 3.05) is 11.9 Å². The first-order valence-electron chi connectivity index (χ1n) is 11.1. The quantitative estimate of drug-likeness (QED) is 0.339. The summed E-state index contributed by atoms with van der Waals surface area (Å²) in [5.74, 6) is 0.480. The minimum Gasteiger partial charge on any atom is -0.494 e. The average Bonchev–Trinajstić information content (AvgIpc) is 3.23. The molecule has 5 aromatic rings. The molecule has 0 aliphatic rings. The summed E-state index contributed by atoms with van der Waals surface area (Å²) in [5.41, 5.74) is 4.07. The van der Waals surface area contributed by atoms with Gasteiger partial charge in [-0.05, 0) is 73.7 Å². The van der Waals surface area contributed by atoms with Gasteiger partial charge >= 0.3 is 0 Å². The zero-order valence-corrected chi connectivity index (χ0v) is 18.6. The minimum absolute atomic E-state index is 0.200. The van der Waals surface area contributed by atoms with E-state index in [2.05, 4.69) is 10.3 Å². The number of rotatable bonds is 7. The molecule has 2 heterocycles. The number of nitrogens with zero attached hydrogens (tertiary/aromatic N) is 2. The van der Waals surface area contributed by atoms with Gasteiger partial charge in [0.05, 0.1) is 12.3 Å². The summed E-state index contributed by atoms with van der Waals surface area (Å²) in [5, 5.41) is 8.84. The number of ether oxygens (including phenoxy) is 1. The van der Waals surface area contributed by atoms with Gasteiger partial charge < -0.3 is 15.0 Å². The number of nitrogens with one attached hydrogen (secondary N) is 2. The summed E-state index contributed by atoms with van der Waals surface area (Å²) >= 11 is 0. The van der Waals surface area contributed by atoms with E-state index in [0.717, 1.165) is 28.1 Å². The van der Waals surface area contributed by atoms with Crippen LogP contribution >= 0.6 is 0 Å². The van der Waals surface area contributed by atoms with Crippen LogP contribution in [0.4, 0.5) is 10.1 Å². The van der Waals surface area contributed by atoms with Crippen molar-refractivity contribution in [2.24, 2.45) is 0 Å². The molecule has 5 rings (SSSR count). The van der Waals surface area contributed by atoms with Crippen LogP contribution in [-0.4, -0.2) is 21.4 Å². The summed E-state index contributed by atoms with van der Waals surface area (Å²) in [7, 11) is 0. The molecule has 2 N–H and O–H groups in total. The van der Waals surface area contributed by atoms with Crippen LogP contribution in [0.3, 0.4) is 0 Å². The van der Waals surface area contributed by atoms with Crippen molar-refractivity contribution >= 4 is 16.7 Å². The molecule has 0 atom stereocenters. The Hall–Kier alpha value is -4.39. The number of aromatic nitrogens is 3. The Labute approximate surface area is 195 Å². The summed E-state index contributed by atoms with van der Waals surface area (Å²) in [4.78, 5) is 16.0. The molecule has 0 aliphatic carbocycles. The van der Waals surface area contributed by atoms with Crippen LogP contribution in [0.25, 0.3) is 28.0 Å². The van der Waals surface area contributed by atoms with E-state index in [0.29, 0.717) is 30.1 Å². The number of fused-ring (bicyclic) bond motifs is 1. The van der Waals surface area contributed by atoms with Crippen molar-refractivity contribution in [3.8, 4) is 22.7 Å². The van der Waals surface area contributed by atoms with Crippen molar-refractivity contribution in [3.63, 3.8) is 0 Å². The molecule has 7 heteroatoms. The molecule has 0 spiro atoms. The topological polar surface area (TPSA) is 71.9 Å². The van der Waals surface area contributed by atoms with E-state index in [9.17, 15) is 9.18 Å². The molecule has 170 valence electrons. The maximum atomic E-state index is 13.5. The summed E-state index contributed by atoms with van der Waals surface area (Å²) in [6.07, 6.45) is 0. The first kappa shape index (κ1) is 21.5. The number of hydrogen-bond acceptors (Lipinski definition) is 4. The van der Waals surface area contributed by atoms with Gasteiger partial charge in [-0.15, -0.1) is 0 Å². The van der Waals surface area contributed by atoms with Crippen LogP contribution in [0, 0.1) is 5.82 Å². The van der Waals surface area contributed by atoms with Gasteiger partial charge in [0.25, 0.3) is 5.56 Å². The molecular weight excluding hydrogens is 431 g/mol. The fraction of sp³-hybridized carbons (Fsp3) is 0.111. The standard InChI is InChI=1S/C27H23FN4O2/c1-2-34-23-14-12-21(13-15-23)29-17-19-16-24-25(18-8-10-20(28)11-9-18)31-32(26(24)30-27(19)33)22-6-4-3-5-7-22/h3-16,29H,2,17H2,1H3,(H,30,33). The van der Waals surface area contributed by atoms with E-state index in [1.807, 2.05) is 67.6 Å². The smallest absolute Gasteiger partial charge is 0.254 e. The Morgan fingerprint density at radius 1 is 1.00 bits per heavy atom.